The van der Waals surface area contributed by atoms with E-state index >= 15 is 0 Å². The van der Waals surface area contributed by atoms with E-state index in [9.17, 15) is 4.79 Å². The molecule has 156 valence electrons. The summed E-state index contributed by atoms with van der Waals surface area (Å²) in [7, 11) is 3.80. The third kappa shape index (κ3) is 4.38. The highest BCUT2D eigenvalue weighted by atomic mass is 16.5. The van der Waals surface area contributed by atoms with E-state index in [4.69, 9.17) is 14.5 Å². The van der Waals surface area contributed by atoms with Crippen molar-refractivity contribution in [2.45, 2.75) is 44.8 Å². The first-order chi connectivity index (χ1) is 14.0. The van der Waals surface area contributed by atoms with E-state index in [1.54, 1.807) is 7.11 Å². The predicted octanol–water partition coefficient (Wildman–Crippen LogP) is 3.27. The van der Waals surface area contributed by atoms with Crippen molar-refractivity contribution >= 4 is 16.8 Å². The smallest absolute Gasteiger partial charge is 0.256 e. The maximum Gasteiger partial charge on any atom is 0.256 e. The van der Waals surface area contributed by atoms with Crippen molar-refractivity contribution in [2.24, 2.45) is 0 Å². The summed E-state index contributed by atoms with van der Waals surface area (Å²) in [6.45, 7) is 5.44. The van der Waals surface area contributed by atoms with E-state index in [2.05, 4.69) is 16.8 Å². The van der Waals surface area contributed by atoms with E-state index in [1.807, 2.05) is 31.2 Å². The summed E-state index contributed by atoms with van der Waals surface area (Å²) in [6.07, 6.45) is 4.26. The lowest BCUT2D eigenvalue weighted by Gasteiger charge is -2.38. The minimum Gasteiger partial charge on any atom is -0.497 e. The summed E-state index contributed by atoms with van der Waals surface area (Å²) in [5.74, 6) is 0.845. The highest BCUT2D eigenvalue weighted by Crippen LogP contribution is 2.26. The predicted molar refractivity (Wildman–Crippen MR) is 114 cm³/mol. The third-order valence-electron chi connectivity index (χ3n) is 6.26. The number of aromatic nitrogens is 1. The molecule has 2 fully saturated rings. The van der Waals surface area contributed by atoms with Gasteiger partial charge in [0.15, 0.2) is 0 Å². The first-order valence-corrected chi connectivity index (χ1v) is 10.6. The average molecular weight is 398 g/mol. The average Bonchev–Trinajstić information content (AvgIpc) is 3.25. The van der Waals surface area contributed by atoms with Gasteiger partial charge in [-0.1, -0.05) is 0 Å². The van der Waals surface area contributed by atoms with Crippen LogP contribution in [0, 0.1) is 6.92 Å². The minimum absolute atomic E-state index is 0.0739. The first kappa shape index (κ1) is 20.1. The number of methoxy groups -OCH3 is 1. The Morgan fingerprint density at radius 2 is 2.07 bits per heavy atom. The highest BCUT2D eigenvalue weighted by Gasteiger charge is 2.32. The molecule has 1 aromatic carbocycles. The van der Waals surface area contributed by atoms with Gasteiger partial charge in [-0.2, -0.15) is 0 Å². The number of pyridine rings is 1. The van der Waals surface area contributed by atoms with Crippen molar-refractivity contribution in [3.8, 4) is 5.75 Å². The second-order valence-corrected chi connectivity index (χ2v) is 8.31. The van der Waals surface area contributed by atoms with Gasteiger partial charge in [0.2, 0.25) is 0 Å². The molecule has 0 aliphatic carbocycles. The number of likely N-dealkylation sites (tertiary alicyclic amines) is 1. The van der Waals surface area contributed by atoms with Crippen molar-refractivity contribution in [1.82, 2.24) is 14.8 Å². The summed E-state index contributed by atoms with van der Waals surface area (Å²) in [6, 6.07) is 8.01. The second-order valence-electron chi connectivity index (χ2n) is 8.31. The molecule has 2 aliphatic rings. The number of amides is 1. The van der Waals surface area contributed by atoms with Gasteiger partial charge in [-0.15, -0.1) is 0 Å². The minimum atomic E-state index is 0.0739. The number of ether oxygens (including phenoxy) is 2. The van der Waals surface area contributed by atoms with Crippen molar-refractivity contribution in [3.63, 3.8) is 0 Å². The molecule has 6 heteroatoms. The number of hydrogen-bond acceptors (Lipinski definition) is 5. The number of carbonyl (C=O) groups excluding carboxylic acids is 1. The molecule has 4 rings (SSSR count). The van der Waals surface area contributed by atoms with Crippen molar-refractivity contribution in [2.75, 3.05) is 40.4 Å². The molecule has 0 N–H and O–H groups in total. The number of piperidine rings is 1. The van der Waals surface area contributed by atoms with Gasteiger partial charge in [0.05, 0.1) is 30.0 Å². The molecule has 0 spiro atoms. The normalized spacial score (nSPS) is 20.9. The van der Waals surface area contributed by atoms with E-state index in [0.717, 1.165) is 67.7 Å². The lowest BCUT2D eigenvalue weighted by molar-refractivity contribution is 0.0319. The van der Waals surface area contributed by atoms with E-state index < -0.39 is 0 Å². The summed E-state index contributed by atoms with van der Waals surface area (Å²) in [4.78, 5) is 22.8. The Balaban J connectivity index is 1.65. The Hall–Kier alpha value is -2.18. The molecule has 0 saturated carbocycles. The largest absolute Gasteiger partial charge is 0.497 e. The van der Waals surface area contributed by atoms with Gasteiger partial charge in [0.1, 0.15) is 5.75 Å². The van der Waals surface area contributed by atoms with Gasteiger partial charge < -0.3 is 19.3 Å². The lowest BCUT2D eigenvalue weighted by Crippen LogP contribution is -2.49. The number of carbonyl (C=O) groups is 1. The van der Waals surface area contributed by atoms with Gasteiger partial charge in [-0.25, -0.2) is 0 Å². The number of rotatable bonds is 5. The molecule has 1 unspecified atom stereocenters. The van der Waals surface area contributed by atoms with E-state index in [-0.39, 0.29) is 18.1 Å². The second kappa shape index (κ2) is 8.67. The van der Waals surface area contributed by atoms with Gasteiger partial charge in [0, 0.05) is 24.6 Å². The Morgan fingerprint density at radius 1 is 1.28 bits per heavy atom. The van der Waals surface area contributed by atoms with Gasteiger partial charge in [0.25, 0.3) is 5.91 Å². The van der Waals surface area contributed by atoms with Crippen LogP contribution >= 0.6 is 0 Å². The molecule has 1 atom stereocenters. The number of nitrogens with zero attached hydrogens (tertiary/aromatic N) is 3. The molecule has 2 aliphatic heterocycles. The fourth-order valence-corrected chi connectivity index (χ4v) is 4.46. The molecule has 2 saturated heterocycles. The quantitative estimate of drug-likeness (QED) is 0.775. The van der Waals surface area contributed by atoms with Crippen LogP contribution in [0.3, 0.4) is 0 Å². The van der Waals surface area contributed by atoms with Crippen molar-refractivity contribution in [3.05, 3.63) is 35.5 Å². The fourth-order valence-electron chi connectivity index (χ4n) is 4.46. The summed E-state index contributed by atoms with van der Waals surface area (Å²) in [5, 5.41) is 0.929. The zero-order valence-corrected chi connectivity index (χ0v) is 17.7. The topological polar surface area (TPSA) is 54.9 Å². The number of fused-ring (bicyclic) bond motifs is 1. The highest BCUT2D eigenvalue weighted by molar-refractivity contribution is 5.99. The fraction of sp³-hybridized carbons (Fsp3) is 0.565. The van der Waals surface area contributed by atoms with Gasteiger partial charge in [-0.05, 0) is 77.0 Å². The zero-order valence-electron chi connectivity index (χ0n) is 17.7. The SMILES string of the molecule is COc1ccc2nc(C)c(C(=O)N(CC3CCCO3)C3CCN(C)CC3)cc2c1. The molecule has 0 bridgehead atoms. The van der Waals surface area contributed by atoms with Gasteiger partial charge >= 0.3 is 0 Å². The Labute approximate surface area is 172 Å². The van der Waals surface area contributed by atoms with Crippen LogP contribution < -0.4 is 4.74 Å². The lowest BCUT2D eigenvalue weighted by atomic mass is 10.0. The van der Waals surface area contributed by atoms with Crippen LogP contribution in [0.4, 0.5) is 0 Å². The number of hydrogen-bond donors (Lipinski definition) is 0. The van der Waals surface area contributed by atoms with E-state index in [0.29, 0.717) is 12.1 Å². The molecule has 29 heavy (non-hydrogen) atoms. The van der Waals surface area contributed by atoms with Crippen LogP contribution in [0.5, 0.6) is 5.75 Å². The van der Waals surface area contributed by atoms with E-state index in [1.165, 1.54) is 0 Å². The van der Waals surface area contributed by atoms with Crippen LogP contribution in [0.15, 0.2) is 24.3 Å². The standard InChI is InChI=1S/C23H31N3O3/c1-16-21(14-17-13-19(28-3)6-7-22(17)24-16)23(27)26(15-20-5-4-12-29-20)18-8-10-25(2)11-9-18/h6-7,13-14,18,20H,4-5,8-12,15H2,1-3H3. The van der Waals surface area contributed by atoms with Crippen LogP contribution in [0.25, 0.3) is 10.9 Å². The Morgan fingerprint density at radius 3 is 2.76 bits per heavy atom. The van der Waals surface area contributed by atoms with Crippen LogP contribution in [0.1, 0.15) is 41.7 Å². The Kier molecular flexibility index (Phi) is 6.01. The number of aryl methyl sites for hydroxylation is 1. The van der Waals surface area contributed by atoms with Crippen LogP contribution in [0.2, 0.25) is 0 Å². The van der Waals surface area contributed by atoms with Crippen molar-refractivity contribution in [1.29, 1.82) is 0 Å². The molecule has 1 aromatic heterocycles. The molecule has 2 aromatic rings. The number of benzene rings is 1. The summed E-state index contributed by atoms with van der Waals surface area (Å²) in [5.41, 5.74) is 2.34. The Bertz CT molecular complexity index is 871. The first-order valence-electron chi connectivity index (χ1n) is 10.6. The molecule has 1 amide bonds. The molecular formula is C23H31N3O3. The zero-order chi connectivity index (χ0) is 20.4. The molecule has 0 radical (unpaired) electrons. The van der Waals surface area contributed by atoms with Gasteiger partial charge in [-0.3, -0.25) is 9.78 Å². The molecule has 6 nitrogen and oxygen atoms in total. The molecular weight excluding hydrogens is 366 g/mol. The van der Waals surface area contributed by atoms with Crippen molar-refractivity contribution < 1.29 is 14.3 Å². The molecule has 3 heterocycles. The van der Waals surface area contributed by atoms with Crippen LogP contribution in [-0.2, 0) is 4.74 Å². The summed E-state index contributed by atoms with van der Waals surface area (Å²) < 4.78 is 11.2. The van der Waals surface area contributed by atoms with Crippen LogP contribution in [-0.4, -0.2) is 73.2 Å². The monoisotopic (exact) mass is 397 g/mol. The maximum absolute atomic E-state index is 13.7. The summed E-state index contributed by atoms with van der Waals surface area (Å²) >= 11 is 0. The maximum atomic E-state index is 13.7. The third-order valence-corrected chi connectivity index (χ3v) is 6.26.